The van der Waals surface area contributed by atoms with Crippen molar-refractivity contribution in [1.82, 2.24) is 5.32 Å². The number of nitrogens with one attached hydrogen (secondary N) is 1. The van der Waals surface area contributed by atoms with Gasteiger partial charge in [-0.3, -0.25) is 0 Å². The second-order valence-electron chi connectivity index (χ2n) is 3.42. The number of benzene rings is 1. The van der Waals surface area contributed by atoms with E-state index in [0.717, 1.165) is 0 Å². The molecule has 16 heavy (non-hydrogen) atoms. The molecule has 0 bridgehead atoms. The van der Waals surface area contributed by atoms with Crippen molar-refractivity contribution in [2.75, 3.05) is 20.4 Å². The molecule has 0 aromatic heterocycles. The maximum Gasteiger partial charge on any atom is 0.286 e. The van der Waals surface area contributed by atoms with Gasteiger partial charge in [-0.1, -0.05) is 11.6 Å². The lowest BCUT2D eigenvalue weighted by Crippen LogP contribution is -2.28. The van der Waals surface area contributed by atoms with Crippen LogP contribution in [0.25, 0.3) is 0 Å². The fourth-order valence-electron chi connectivity index (χ4n) is 1.51. The summed E-state index contributed by atoms with van der Waals surface area (Å²) in [5, 5.41) is 2.40. The number of likely N-dealkylation sites (N-methyl/N-ethyl adjacent to an activating group) is 1. The van der Waals surface area contributed by atoms with Crippen LogP contribution in [0.3, 0.4) is 0 Å². The maximum absolute atomic E-state index is 13.6. The summed E-state index contributed by atoms with van der Waals surface area (Å²) in [6.07, 6.45) is 0. The van der Waals surface area contributed by atoms with Crippen molar-refractivity contribution in [2.24, 2.45) is 0 Å². The lowest BCUT2D eigenvalue weighted by atomic mass is 10.1. The lowest BCUT2D eigenvalue weighted by molar-refractivity contribution is -0.00130. The molecular formula is C10H10ClF2NO2. The Morgan fingerprint density at radius 3 is 2.62 bits per heavy atom. The molecule has 0 spiro atoms. The summed E-state index contributed by atoms with van der Waals surface area (Å²) >= 11 is 5.78. The molecule has 2 rings (SSSR count). The van der Waals surface area contributed by atoms with Gasteiger partial charge >= 0.3 is 0 Å². The number of rotatable bonds is 3. The monoisotopic (exact) mass is 249 g/mol. The highest BCUT2D eigenvalue weighted by Gasteiger charge is 2.35. The molecule has 0 saturated carbocycles. The molecule has 1 aliphatic rings. The zero-order chi connectivity index (χ0) is 11.8. The molecule has 1 aliphatic heterocycles. The standard InChI is InChI=1S/C10H10ClF2NO2/c1-14-4-10(12,13)6-2-8-9(3-7(6)11)16-5-15-8/h2-3,14H,4-5H2,1H3. The molecule has 0 amide bonds. The van der Waals surface area contributed by atoms with Gasteiger partial charge in [-0.15, -0.1) is 0 Å². The van der Waals surface area contributed by atoms with Crippen LogP contribution in [0, 0.1) is 0 Å². The third-order valence-electron chi connectivity index (χ3n) is 2.26. The number of hydrogen-bond acceptors (Lipinski definition) is 3. The Hall–Kier alpha value is -1.07. The van der Waals surface area contributed by atoms with Crippen LogP contribution in [-0.2, 0) is 5.92 Å². The Morgan fingerprint density at radius 2 is 2.00 bits per heavy atom. The minimum absolute atomic E-state index is 0.0236. The van der Waals surface area contributed by atoms with Crippen molar-refractivity contribution in [1.29, 1.82) is 0 Å². The van der Waals surface area contributed by atoms with Crippen molar-refractivity contribution >= 4 is 11.6 Å². The number of hydrogen-bond donors (Lipinski definition) is 1. The molecule has 3 nitrogen and oxygen atoms in total. The fraction of sp³-hybridized carbons (Fsp3) is 0.400. The number of ether oxygens (including phenoxy) is 2. The summed E-state index contributed by atoms with van der Waals surface area (Å²) in [5.74, 6) is -2.34. The molecular weight excluding hydrogens is 240 g/mol. The summed E-state index contributed by atoms with van der Waals surface area (Å²) in [4.78, 5) is 0. The van der Waals surface area contributed by atoms with Crippen LogP contribution in [0.5, 0.6) is 11.5 Å². The molecule has 0 fully saturated rings. The second-order valence-corrected chi connectivity index (χ2v) is 3.83. The van der Waals surface area contributed by atoms with Crippen LogP contribution in [0.1, 0.15) is 5.56 Å². The van der Waals surface area contributed by atoms with Gasteiger partial charge in [0.2, 0.25) is 6.79 Å². The smallest absolute Gasteiger partial charge is 0.286 e. The fourth-order valence-corrected chi connectivity index (χ4v) is 1.81. The Balaban J connectivity index is 2.41. The molecule has 1 aromatic rings. The van der Waals surface area contributed by atoms with E-state index >= 15 is 0 Å². The van der Waals surface area contributed by atoms with E-state index in [-0.39, 0.29) is 17.4 Å². The first-order valence-electron chi connectivity index (χ1n) is 4.66. The molecule has 0 radical (unpaired) electrons. The first-order chi connectivity index (χ1) is 7.54. The Bertz CT molecular complexity index is 412. The Morgan fingerprint density at radius 1 is 1.38 bits per heavy atom. The highest BCUT2D eigenvalue weighted by atomic mass is 35.5. The average Bonchev–Trinajstić information content (AvgIpc) is 2.63. The van der Waals surface area contributed by atoms with E-state index in [2.05, 4.69) is 5.32 Å². The van der Waals surface area contributed by atoms with Gasteiger partial charge in [-0.05, 0) is 13.1 Å². The van der Waals surface area contributed by atoms with Crippen LogP contribution in [0.2, 0.25) is 5.02 Å². The van der Waals surface area contributed by atoms with Crippen molar-refractivity contribution < 1.29 is 18.3 Å². The van der Waals surface area contributed by atoms with Gasteiger partial charge < -0.3 is 14.8 Å². The zero-order valence-electron chi connectivity index (χ0n) is 8.52. The highest BCUT2D eigenvalue weighted by Crippen LogP contribution is 2.42. The van der Waals surface area contributed by atoms with Crippen molar-refractivity contribution in [2.45, 2.75) is 5.92 Å². The van der Waals surface area contributed by atoms with Gasteiger partial charge in [0.25, 0.3) is 5.92 Å². The van der Waals surface area contributed by atoms with E-state index in [9.17, 15) is 8.78 Å². The van der Waals surface area contributed by atoms with Crippen molar-refractivity contribution in [3.05, 3.63) is 22.7 Å². The van der Waals surface area contributed by atoms with E-state index in [4.69, 9.17) is 21.1 Å². The number of halogens is 3. The van der Waals surface area contributed by atoms with E-state index in [1.807, 2.05) is 0 Å². The number of fused-ring (bicyclic) bond motifs is 1. The van der Waals surface area contributed by atoms with E-state index in [1.165, 1.54) is 19.2 Å². The molecule has 1 aromatic carbocycles. The lowest BCUT2D eigenvalue weighted by Gasteiger charge is -2.17. The minimum Gasteiger partial charge on any atom is -0.454 e. The molecule has 88 valence electrons. The predicted octanol–water partition coefficient (Wildman–Crippen LogP) is 2.38. The Labute approximate surface area is 96.3 Å². The van der Waals surface area contributed by atoms with Gasteiger partial charge in [-0.25, -0.2) is 0 Å². The third kappa shape index (κ3) is 1.92. The summed E-state index contributed by atoms with van der Waals surface area (Å²) in [5.41, 5.74) is -0.257. The SMILES string of the molecule is CNCC(F)(F)c1cc2c(cc1Cl)OCO2. The van der Waals surface area contributed by atoms with E-state index < -0.39 is 12.5 Å². The van der Waals surface area contributed by atoms with Gasteiger partial charge in [0.1, 0.15) is 0 Å². The third-order valence-corrected chi connectivity index (χ3v) is 2.57. The van der Waals surface area contributed by atoms with Gasteiger partial charge in [-0.2, -0.15) is 8.78 Å². The first kappa shape index (κ1) is 11.4. The van der Waals surface area contributed by atoms with Crippen LogP contribution >= 0.6 is 11.6 Å². The molecule has 1 heterocycles. The zero-order valence-corrected chi connectivity index (χ0v) is 9.28. The van der Waals surface area contributed by atoms with Gasteiger partial charge in [0, 0.05) is 11.6 Å². The highest BCUT2D eigenvalue weighted by molar-refractivity contribution is 6.31. The minimum atomic E-state index is -3.03. The maximum atomic E-state index is 13.6. The van der Waals surface area contributed by atoms with Crippen LogP contribution in [-0.4, -0.2) is 20.4 Å². The van der Waals surface area contributed by atoms with Crippen LogP contribution in [0.15, 0.2) is 12.1 Å². The van der Waals surface area contributed by atoms with E-state index in [1.54, 1.807) is 0 Å². The Kier molecular flexibility index (Phi) is 2.90. The van der Waals surface area contributed by atoms with Crippen molar-refractivity contribution in [3.63, 3.8) is 0 Å². The average molecular weight is 250 g/mol. The van der Waals surface area contributed by atoms with Crippen molar-refractivity contribution in [3.8, 4) is 11.5 Å². The molecule has 6 heteroatoms. The normalized spacial score (nSPS) is 14.2. The van der Waals surface area contributed by atoms with Crippen LogP contribution < -0.4 is 14.8 Å². The van der Waals surface area contributed by atoms with Crippen LogP contribution in [0.4, 0.5) is 8.78 Å². The largest absolute Gasteiger partial charge is 0.454 e. The van der Waals surface area contributed by atoms with Gasteiger partial charge in [0.15, 0.2) is 11.5 Å². The summed E-state index contributed by atoms with van der Waals surface area (Å²) in [6, 6.07) is 2.57. The predicted molar refractivity (Wildman–Crippen MR) is 55.4 cm³/mol. The second kappa shape index (κ2) is 4.07. The van der Waals surface area contributed by atoms with Gasteiger partial charge in [0.05, 0.1) is 11.6 Å². The number of alkyl halides is 2. The first-order valence-corrected chi connectivity index (χ1v) is 5.04. The van der Waals surface area contributed by atoms with E-state index in [0.29, 0.717) is 11.5 Å². The molecule has 1 N–H and O–H groups in total. The molecule has 0 aliphatic carbocycles. The molecule has 0 saturated heterocycles. The topological polar surface area (TPSA) is 30.5 Å². The summed E-state index contributed by atoms with van der Waals surface area (Å²) in [7, 11) is 1.45. The quantitative estimate of drug-likeness (QED) is 0.892. The summed E-state index contributed by atoms with van der Waals surface area (Å²) < 4.78 is 37.4. The molecule has 0 unspecified atom stereocenters. The summed E-state index contributed by atoms with van der Waals surface area (Å²) in [6.45, 7) is -0.445. The molecule has 0 atom stereocenters.